The van der Waals surface area contributed by atoms with E-state index in [-0.39, 0.29) is 0 Å². The molecule has 0 saturated heterocycles. The number of rotatable bonds is 4. The summed E-state index contributed by atoms with van der Waals surface area (Å²) in [5, 5.41) is 0. The van der Waals surface area contributed by atoms with Crippen molar-refractivity contribution in [1.29, 1.82) is 0 Å². The van der Waals surface area contributed by atoms with E-state index in [9.17, 15) is 0 Å². The maximum absolute atomic E-state index is 7.50. The van der Waals surface area contributed by atoms with Crippen molar-refractivity contribution < 1.29 is 0 Å². The summed E-state index contributed by atoms with van der Waals surface area (Å²) in [6, 6.07) is 0.315. The second-order valence-corrected chi connectivity index (χ2v) is 11.4. The van der Waals surface area contributed by atoms with Gasteiger partial charge in [0.1, 0.15) is 0 Å². The molecule has 2 heteroatoms. The van der Waals surface area contributed by atoms with Crippen molar-refractivity contribution in [3.05, 3.63) is 22.8 Å². The summed E-state index contributed by atoms with van der Waals surface area (Å²) in [5.41, 5.74) is 1.07. The van der Waals surface area contributed by atoms with Crippen LogP contribution in [-0.2, 0) is 0 Å². The lowest BCUT2D eigenvalue weighted by Crippen LogP contribution is -2.54. The number of nitrogens with zero attached hydrogens (tertiary/aromatic N) is 2. The quantitative estimate of drug-likeness (QED) is 0.358. The third-order valence-corrected chi connectivity index (χ3v) is 10.5. The maximum atomic E-state index is 7.50. The van der Waals surface area contributed by atoms with Crippen LogP contribution in [0.2, 0.25) is 0 Å². The minimum Gasteiger partial charge on any atom is -0.317 e. The zero-order valence-corrected chi connectivity index (χ0v) is 18.4. The molecule has 0 aromatic heterocycles. The molecule has 0 spiro atoms. The molecule has 0 amide bonds. The average Bonchev–Trinajstić information content (AvgIpc) is 3.04. The number of fused-ring (bicyclic) bond motifs is 5. The van der Waals surface area contributed by atoms with E-state index in [1.54, 1.807) is 0 Å². The molecule has 4 rings (SSSR count). The van der Waals surface area contributed by atoms with E-state index in [4.69, 9.17) is 13.1 Å². The van der Waals surface area contributed by atoms with E-state index in [1.165, 1.54) is 57.8 Å². The molecule has 0 unspecified atom stereocenters. The molecule has 154 valence electrons. The Morgan fingerprint density at radius 3 is 2.43 bits per heavy atom. The molecule has 2 nitrogen and oxygen atoms in total. The standard InChI is InChI=1S/C26H40N2/c1-18(7-6-16-27-4)22-10-11-23-21-9-8-19-17-20(28-5)12-14-25(19,2)24(21)13-15-26(22,23)3/h18-24H,6-17H2,1-3H3/t18-,19-,20-,21+,22-,23+,24+,25+,26-/m1/s1. The van der Waals surface area contributed by atoms with Gasteiger partial charge in [-0.1, -0.05) is 20.8 Å². The second-order valence-electron chi connectivity index (χ2n) is 11.4. The highest BCUT2D eigenvalue weighted by Crippen LogP contribution is 2.68. The van der Waals surface area contributed by atoms with E-state index < -0.39 is 0 Å². The fourth-order valence-electron chi connectivity index (χ4n) is 9.02. The van der Waals surface area contributed by atoms with Gasteiger partial charge in [0, 0.05) is 19.3 Å². The highest BCUT2D eigenvalue weighted by Gasteiger charge is 2.60. The summed E-state index contributed by atoms with van der Waals surface area (Å²) in [4.78, 5) is 7.51. The first kappa shape index (κ1) is 20.3. The van der Waals surface area contributed by atoms with Crippen LogP contribution >= 0.6 is 0 Å². The fraction of sp³-hybridized carbons (Fsp3) is 0.923. The van der Waals surface area contributed by atoms with Crippen molar-refractivity contribution in [3.8, 4) is 0 Å². The normalized spacial score (nSPS) is 48.5. The average molecular weight is 381 g/mol. The Morgan fingerprint density at radius 2 is 1.68 bits per heavy atom. The molecule has 0 aliphatic heterocycles. The van der Waals surface area contributed by atoms with Gasteiger partial charge in [-0.3, -0.25) is 0 Å². The van der Waals surface area contributed by atoms with Crippen LogP contribution in [0.25, 0.3) is 9.69 Å². The molecule has 0 aromatic rings. The third-order valence-electron chi connectivity index (χ3n) is 10.5. The zero-order valence-electron chi connectivity index (χ0n) is 18.4. The summed E-state index contributed by atoms with van der Waals surface area (Å²) >= 11 is 0. The Labute approximate surface area is 173 Å². The van der Waals surface area contributed by atoms with Gasteiger partial charge in [-0.05, 0) is 97.7 Å². The Morgan fingerprint density at radius 1 is 0.929 bits per heavy atom. The van der Waals surface area contributed by atoms with Crippen LogP contribution in [-0.4, -0.2) is 12.6 Å². The predicted octanol–water partition coefficient (Wildman–Crippen LogP) is 7.27. The van der Waals surface area contributed by atoms with Crippen LogP contribution in [0.3, 0.4) is 0 Å². The van der Waals surface area contributed by atoms with E-state index in [2.05, 4.69) is 30.5 Å². The summed E-state index contributed by atoms with van der Waals surface area (Å²) < 4.78 is 0. The van der Waals surface area contributed by atoms with Gasteiger partial charge in [0.05, 0.1) is 0 Å². The number of hydrogen-bond acceptors (Lipinski definition) is 0. The van der Waals surface area contributed by atoms with Crippen LogP contribution in [0.1, 0.15) is 91.4 Å². The Hall–Kier alpha value is -1.02. The van der Waals surface area contributed by atoms with Crippen molar-refractivity contribution in [2.24, 2.45) is 46.3 Å². The Balaban J connectivity index is 1.49. The highest BCUT2D eigenvalue weighted by molar-refractivity contribution is 5.10. The van der Waals surface area contributed by atoms with Crippen molar-refractivity contribution in [3.63, 3.8) is 0 Å². The minimum atomic E-state index is 0.315. The lowest BCUT2D eigenvalue weighted by Gasteiger charge is -2.60. The smallest absolute Gasteiger partial charge is 0.224 e. The van der Waals surface area contributed by atoms with Crippen LogP contribution < -0.4 is 0 Å². The molecule has 4 fully saturated rings. The monoisotopic (exact) mass is 380 g/mol. The minimum absolute atomic E-state index is 0.315. The van der Waals surface area contributed by atoms with E-state index in [0.717, 1.165) is 48.3 Å². The molecule has 9 atom stereocenters. The summed E-state index contributed by atoms with van der Waals surface area (Å²) in [6.45, 7) is 23.0. The molecule has 4 saturated carbocycles. The molecule has 0 heterocycles. The highest BCUT2D eigenvalue weighted by atomic mass is 14.7. The van der Waals surface area contributed by atoms with Gasteiger partial charge < -0.3 is 9.69 Å². The lowest BCUT2D eigenvalue weighted by atomic mass is 9.44. The second kappa shape index (κ2) is 7.67. The van der Waals surface area contributed by atoms with Gasteiger partial charge in [0.2, 0.25) is 12.6 Å². The van der Waals surface area contributed by atoms with Crippen molar-refractivity contribution in [2.45, 2.75) is 97.4 Å². The van der Waals surface area contributed by atoms with Gasteiger partial charge in [0.15, 0.2) is 0 Å². The van der Waals surface area contributed by atoms with E-state index >= 15 is 0 Å². The van der Waals surface area contributed by atoms with Crippen molar-refractivity contribution >= 4 is 0 Å². The van der Waals surface area contributed by atoms with Gasteiger partial charge in [-0.2, -0.15) is 0 Å². The first-order chi connectivity index (χ1) is 13.4. The van der Waals surface area contributed by atoms with Crippen LogP contribution in [0, 0.1) is 59.5 Å². The van der Waals surface area contributed by atoms with E-state index in [0.29, 0.717) is 23.4 Å². The first-order valence-corrected chi connectivity index (χ1v) is 12.1. The Bertz CT molecular complexity index is 656. The fourth-order valence-corrected chi connectivity index (χ4v) is 9.02. The van der Waals surface area contributed by atoms with Gasteiger partial charge in [-0.15, -0.1) is 0 Å². The summed E-state index contributed by atoms with van der Waals surface area (Å²) in [6.07, 6.45) is 14.6. The Kier molecular flexibility index (Phi) is 5.55. The molecular formula is C26H40N2. The van der Waals surface area contributed by atoms with Gasteiger partial charge in [0.25, 0.3) is 0 Å². The zero-order chi connectivity index (χ0) is 19.9. The van der Waals surface area contributed by atoms with Gasteiger partial charge in [-0.25, -0.2) is 13.1 Å². The molecule has 0 aromatic carbocycles. The van der Waals surface area contributed by atoms with Crippen LogP contribution in [0.5, 0.6) is 0 Å². The molecule has 4 aliphatic rings. The molecule has 0 bridgehead atoms. The number of hydrogen-bond donors (Lipinski definition) is 0. The molecule has 28 heavy (non-hydrogen) atoms. The largest absolute Gasteiger partial charge is 0.317 e. The lowest BCUT2D eigenvalue weighted by molar-refractivity contribution is -0.115. The van der Waals surface area contributed by atoms with E-state index in [1.807, 2.05) is 0 Å². The van der Waals surface area contributed by atoms with Crippen molar-refractivity contribution in [2.75, 3.05) is 6.54 Å². The predicted molar refractivity (Wildman–Crippen MR) is 115 cm³/mol. The summed E-state index contributed by atoms with van der Waals surface area (Å²) in [7, 11) is 0. The van der Waals surface area contributed by atoms with Gasteiger partial charge >= 0.3 is 0 Å². The summed E-state index contributed by atoms with van der Waals surface area (Å²) in [5.74, 6) is 5.30. The molecule has 0 radical (unpaired) electrons. The topological polar surface area (TPSA) is 8.72 Å². The van der Waals surface area contributed by atoms with Crippen LogP contribution in [0.4, 0.5) is 0 Å². The van der Waals surface area contributed by atoms with Crippen LogP contribution in [0.15, 0.2) is 0 Å². The molecule has 0 N–H and O–H groups in total. The maximum Gasteiger partial charge on any atom is 0.224 e. The third kappa shape index (κ3) is 3.11. The first-order valence-electron chi connectivity index (χ1n) is 12.1. The molecular weight excluding hydrogens is 340 g/mol. The SMILES string of the molecule is [C-]#[N+]CCC[C@@H](C)[C@H]1CC[C@H]2[C@@H]3CC[C@@H]4C[C@H]([N+]#[C-])CC[C@]4(C)[C@H]3CC[C@]12C. The van der Waals surface area contributed by atoms with Crippen molar-refractivity contribution in [1.82, 2.24) is 0 Å². The molecule has 4 aliphatic carbocycles.